The monoisotopic (exact) mass is 725 g/mol. The fraction of sp³-hybridized carbons (Fsp3) is 0. The van der Waals surface area contributed by atoms with Crippen molar-refractivity contribution in [3.05, 3.63) is 212 Å². The molecule has 0 fully saturated rings. The van der Waals surface area contributed by atoms with E-state index in [1.165, 1.54) is 87.7 Å². The summed E-state index contributed by atoms with van der Waals surface area (Å²) in [6, 6.07) is 77.4. The number of aromatic nitrogens is 3. The third-order valence-electron chi connectivity index (χ3n) is 11.8. The van der Waals surface area contributed by atoms with Crippen LogP contribution in [0.15, 0.2) is 212 Å². The molecule has 0 saturated carbocycles. The minimum atomic E-state index is 1.15. The third kappa shape index (κ3) is 4.66. The second-order valence-electron chi connectivity index (χ2n) is 14.9. The van der Waals surface area contributed by atoms with E-state index in [0.717, 1.165) is 17.1 Å². The zero-order chi connectivity index (χ0) is 37.5. The maximum Gasteiger partial charge on any atom is 0.0641 e. The van der Waals surface area contributed by atoms with Crippen molar-refractivity contribution in [2.24, 2.45) is 0 Å². The lowest BCUT2D eigenvalue weighted by atomic mass is 9.97. The Morgan fingerprint density at radius 1 is 0.263 bits per heavy atom. The summed E-state index contributed by atoms with van der Waals surface area (Å²) in [6.45, 7) is 0. The summed E-state index contributed by atoms with van der Waals surface area (Å²) in [7, 11) is 0. The average Bonchev–Trinajstić information content (AvgIpc) is 3.93. The van der Waals surface area contributed by atoms with Crippen LogP contribution in [0.25, 0.3) is 105 Å². The molecular weight excluding hydrogens is 691 g/mol. The lowest BCUT2D eigenvalue weighted by Gasteiger charge is -2.15. The molecule has 9 aromatic carbocycles. The maximum absolute atomic E-state index is 2.50. The highest BCUT2D eigenvalue weighted by molar-refractivity contribution is 6.26. The molecular formula is C54H35N3. The molecule has 0 atom stereocenters. The second-order valence-corrected chi connectivity index (χ2v) is 14.9. The van der Waals surface area contributed by atoms with Crippen LogP contribution in [0.5, 0.6) is 0 Å². The molecule has 0 saturated heterocycles. The summed E-state index contributed by atoms with van der Waals surface area (Å²) in [5, 5.41) is 7.48. The normalized spacial score (nSPS) is 11.9. The Balaban J connectivity index is 1.17. The lowest BCUT2D eigenvalue weighted by Crippen LogP contribution is -1.98. The Morgan fingerprint density at radius 3 is 1.58 bits per heavy atom. The molecule has 0 aliphatic rings. The first kappa shape index (κ1) is 31.7. The van der Waals surface area contributed by atoms with Crippen molar-refractivity contribution in [2.45, 2.75) is 0 Å². The highest BCUT2D eigenvalue weighted by Crippen LogP contribution is 2.45. The smallest absolute Gasteiger partial charge is 0.0641 e. The fourth-order valence-electron chi connectivity index (χ4n) is 9.49. The van der Waals surface area contributed by atoms with Crippen LogP contribution >= 0.6 is 0 Å². The molecule has 3 heterocycles. The predicted octanol–water partition coefficient (Wildman–Crippen LogP) is 14.3. The number of hydrogen-bond acceptors (Lipinski definition) is 0. The van der Waals surface area contributed by atoms with Gasteiger partial charge in [0.25, 0.3) is 0 Å². The summed E-state index contributed by atoms with van der Waals surface area (Å²) >= 11 is 0. The Hall–Kier alpha value is -7.62. The van der Waals surface area contributed by atoms with Gasteiger partial charge in [0, 0.05) is 49.3 Å². The highest BCUT2D eigenvalue weighted by atomic mass is 15.0. The molecule has 0 N–H and O–H groups in total. The Bertz CT molecular complexity index is 3510. The number of benzene rings is 9. The summed E-state index contributed by atoms with van der Waals surface area (Å²) in [4.78, 5) is 0. The summed E-state index contributed by atoms with van der Waals surface area (Å²) in [6.07, 6.45) is 0. The molecule has 12 aromatic rings. The van der Waals surface area contributed by atoms with Gasteiger partial charge < -0.3 is 13.7 Å². The van der Waals surface area contributed by atoms with Gasteiger partial charge in [-0.05, 0) is 77.4 Å². The van der Waals surface area contributed by atoms with Gasteiger partial charge in [-0.25, -0.2) is 0 Å². The number of rotatable bonds is 5. The predicted molar refractivity (Wildman–Crippen MR) is 240 cm³/mol. The van der Waals surface area contributed by atoms with Crippen LogP contribution in [0.1, 0.15) is 0 Å². The Labute approximate surface area is 329 Å². The second kappa shape index (κ2) is 12.5. The van der Waals surface area contributed by atoms with Crippen LogP contribution in [-0.2, 0) is 0 Å². The van der Waals surface area contributed by atoms with Crippen molar-refractivity contribution in [1.82, 2.24) is 13.7 Å². The van der Waals surface area contributed by atoms with Crippen LogP contribution < -0.4 is 0 Å². The van der Waals surface area contributed by atoms with E-state index in [2.05, 4.69) is 226 Å². The molecule has 3 heteroatoms. The SMILES string of the molecule is c1ccc(-c2cccc(-n3c4ccccc4c4ccc5c(c6ccccc6n5-c5ccccc5-c5cccc6c5c5ccccc5n6-c5ccccc5)c43)c2)cc1. The van der Waals surface area contributed by atoms with Crippen LogP contribution in [0.4, 0.5) is 0 Å². The van der Waals surface area contributed by atoms with Crippen molar-refractivity contribution < 1.29 is 0 Å². The molecule has 57 heavy (non-hydrogen) atoms. The van der Waals surface area contributed by atoms with E-state index >= 15 is 0 Å². The molecule has 0 spiro atoms. The van der Waals surface area contributed by atoms with Crippen LogP contribution in [0.3, 0.4) is 0 Å². The Morgan fingerprint density at radius 2 is 0.789 bits per heavy atom. The molecule has 0 unspecified atom stereocenters. The number of hydrogen-bond donors (Lipinski definition) is 0. The van der Waals surface area contributed by atoms with Gasteiger partial charge in [-0.2, -0.15) is 0 Å². The van der Waals surface area contributed by atoms with Crippen molar-refractivity contribution in [1.29, 1.82) is 0 Å². The van der Waals surface area contributed by atoms with E-state index in [4.69, 9.17) is 0 Å². The first-order chi connectivity index (χ1) is 28.3. The van der Waals surface area contributed by atoms with Gasteiger partial charge in [0.2, 0.25) is 0 Å². The third-order valence-corrected chi connectivity index (χ3v) is 11.8. The van der Waals surface area contributed by atoms with E-state index in [0.29, 0.717) is 0 Å². The molecule has 0 bridgehead atoms. The largest absolute Gasteiger partial charge is 0.309 e. The van der Waals surface area contributed by atoms with Gasteiger partial charge >= 0.3 is 0 Å². The molecule has 0 aliphatic heterocycles. The molecule has 12 rings (SSSR count). The van der Waals surface area contributed by atoms with E-state index in [1.807, 2.05) is 0 Å². The minimum Gasteiger partial charge on any atom is -0.309 e. The van der Waals surface area contributed by atoms with Crippen molar-refractivity contribution in [2.75, 3.05) is 0 Å². The van der Waals surface area contributed by atoms with Crippen LogP contribution in [0, 0.1) is 0 Å². The minimum absolute atomic E-state index is 1.15. The molecule has 0 amide bonds. The zero-order valence-corrected chi connectivity index (χ0v) is 31.0. The first-order valence-electron chi connectivity index (χ1n) is 19.6. The first-order valence-corrected chi connectivity index (χ1v) is 19.6. The van der Waals surface area contributed by atoms with Gasteiger partial charge in [-0.1, -0.05) is 152 Å². The van der Waals surface area contributed by atoms with Crippen LogP contribution in [0.2, 0.25) is 0 Å². The Kier molecular flexibility index (Phi) is 6.93. The molecule has 3 aromatic heterocycles. The number of para-hydroxylation sites is 5. The summed E-state index contributed by atoms with van der Waals surface area (Å²) < 4.78 is 7.39. The number of nitrogens with zero attached hydrogens (tertiary/aromatic N) is 3. The summed E-state index contributed by atoms with van der Waals surface area (Å²) in [5.74, 6) is 0. The lowest BCUT2D eigenvalue weighted by molar-refractivity contribution is 1.17. The number of fused-ring (bicyclic) bond motifs is 10. The van der Waals surface area contributed by atoms with E-state index in [-0.39, 0.29) is 0 Å². The topological polar surface area (TPSA) is 14.8 Å². The quantitative estimate of drug-likeness (QED) is 0.168. The van der Waals surface area contributed by atoms with Gasteiger partial charge in [-0.3, -0.25) is 0 Å². The van der Waals surface area contributed by atoms with E-state index in [1.54, 1.807) is 0 Å². The molecule has 0 aliphatic carbocycles. The average molecular weight is 726 g/mol. The van der Waals surface area contributed by atoms with Crippen LogP contribution in [-0.4, -0.2) is 13.7 Å². The van der Waals surface area contributed by atoms with Crippen molar-refractivity contribution in [3.8, 4) is 39.3 Å². The van der Waals surface area contributed by atoms with Gasteiger partial charge in [0.1, 0.15) is 0 Å². The van der Waals surface area contributed by atoms with Crippen molar-refractivity contribution in [3.63, 3.8) is 0 Å². The maximum atomic E-state index is 2.50. The fourth-order valence-corrected chi connectivity index (χ4v) is 9.49. The zero-order valence-electron chi connectivity index (χ0n) is 31.0. The van der Waals surface area contributed by atoms with E-state index < -0.39 is 0 Å². The van der Waals surface area contributed by atoms with Gasteiger partial charge in [0.15, 0.2) is 0 Å². The molecule has 0 radical (unpaired) electrons. The summed E-state index contributed by atoms with van der Waals surface area (Å²) in [5.41, 5.74) is 15.5. The molecule has 3 nitrogen and oxygen atoms in total. The standard InChI is InChI=1S/C54H35N3/c1-3-17-36(18-4-1)37-19-15-22-39(35-37)56-46-28-11-8-24-41(46)43-33-34-51-53(54(43)56)45-26-10-14-31-49(45)57(51)47-29-12-7-23-40(47)42-27-16-32-50-52(42)44-25-9-13-30-48(44)55(50)38-20-5-2-6-21-38/h1-35H. The van der Waals surface area contributed by atoms with Crippen molar-refractivity contribution >= 4 is 65.4 Å². The highest BCUT2D eigenvalue weighted by Gasteiger charge is 2.23. The van der Waals surface area contributed by atoms with Gasteiger partial charge in [-0.15, -0.1) is 0 Å². The van der Waals surface area contributed by atoms with E-state index in [9.17, 15) is 0 Å². The molecule has 266 valence electrons. The van der Waals surface area contributed by atoms with Gasteiger partial charge in [0.05, 0.1) is 38.8 Å².